The summed E-state index contributed by atoms with van der Waals surface area (Å²) in [5.74, 6) is 0. The van der Waals surface area contributed by atoms with E-state index in [1.807, 2.05) is 11.3 Å². The van der Waals surface area contributed by atoms with Crippen molar-refractivity contribution < 1.29 is 0 Å². The van der Waals surface area contributed by atoms with Crippen molar-refractivity contribution in [3.05, 3.63) is 267 Å². The highest BCUT2D eigenvalue weighted by atomic mass is 32.1. The second-order valence-electron chi connectivity index (χ2n) is 17.7. The predicted molar refractivity (Wildman–Crippen MR) is 296 cm³/mol. The smallest absolute Gasteiger partial charge is 0.0541 e. The van der Waals surface area contributed by atoms with Gasteiger partial charge < -0.3 is 9.47 Å². The third-order valence-corrected chi connectivity index (χ3v) is 14.9. The van der Waals surface area contributed by atoms with Crippen LogP contribution in [0, 0.1) is 0 Å². The van der Waals surface area contributed by atoms with Gasteiger partial charge in [0.1, 0.15) is 0 Å². The molecule has 0 radical (unpaired) electrons. The van der Waals surface area contributed by atoms with Crippen molar-refractivity contribution >= 4 is 70.4 Å². The molecule has 0 N–H and O–H groups in total. The van der Waals surface area contributed by atoms with Crippen LogP contribution in [0.2, 0.25) is 0 Å². The molecule has 0 unspecified atom stereocenters. The lowest BCUT2D eigenvalue weighted by Gasteiger charge is -2.26. The van der Waals surface area contributed by atoms with E-state index in [1.165, 1.54) is 97.6 Å². The van der Waals surface area contributed by atoms with Gasteiger partial charge in [0.25, 0.3) is 0 Å². The highest BCUT2D eigenvalue weighted by Gasteiger charge is 2.20. The minimum absolute atomic E-state index is 1.09. The van der Waals surface area contributed by atoms with E-state index >= 15 is 0 Å². The Morgan fingerprint density at radius 2 is 0.696 bits per heavy atom. The molecule has 2 heterocycles. The van der Waals surface area contributed by atoms with Gasteiger partial charge in [-0.25, -0.2) is 0 Å². The van der Waals surface area contributed by atoms with Crippen LogP contribution in [0.1, 0.15) is 0 Å². The SMILES string of the molecule is c1ccc(-c2ccc(N(c3ccc(-c4ccccc4)cc3)c3ccc(-c4cc(-c5ccc6c(c5)c5ccccc5n6-c5ccccc5)cc5c4sc4c(-c6ccccc6)cccc45)cc3)cc2)cc1. The fraction of sp³-hybridized carbons (Fsp3) is 0. The molecule has 0 aliphatic carbocycles. The summed E-state index contributed by atoms with van der Waals surface area (Å²) >= 11 is 1.90. The molecule has 0 fully saturated rings. The van der Waals surface area contributed by atoms with E-state index in [9.17, 15) is 0 Å². The second-order valence-corrected chi connectivity index (χ2v) is 18.7. The number of para-hydroxylation sites is 2. The number of rotatable bonds is 9. The molecule has 0 amide bonds. The topological polar surface area (TPSA) is 8.17 Å². The number of fused-ring (bicyclic) bond motifs is 6. The van der Waals surface area contributed by atoms with Crippen LogP contribution in [-0.4, -0.2) is 4.57 Å². The molecule has 324 valence electrons. The Bertz CT molecular complexity index is 3870. The lowest BCUT2D eigenvalue weighted by atomic mass is 9.94. The molecule has 11 aromatic carbocycles. The Morgan fingerprint density at radius 1 is 0.261 bits per heavy atom. The van der Waals surface area contributed by atoms with Gasteiger partial charge in [-0.2, -0.15) is 0 Å². The van der Waals surface area contributed by atoms with Crippen molar-refractivity contribution in [3.8, 4) is 61.3 Å². The standard InChI is InChI=1S/C66H44N2S/c1-5-16-45(17-6-1)47-28-35-54(36-29-47)67(55-37-30-48(31-38-55)46-18-7-2-8-19-46)56-39-32-50(33-40-56)60-43-52(44-62-59-26-15-25-57(65(59)69-66(60)62)49-20-9-3-10-21-49)51-34-41-64-61(42-51)58-24-13-14-27-63(58)68(64)53-22-11-4-12-23-53/h1-44H. The van der Waals surface area contributed by atoms with E-state index in [2.05, 4.69) is 276 Å². The van der Waals surface area contributed by atoms with Crippen molar-refractivity contribution in [2.45, 2.75) is 0 Å². The van der Waals surface area contributed by atoms with Gasteiger partial charge in [-0.3, -0.25) is 0 Å². The number of hydrogen-bond donors (Lipinski definition) is 0. The van der Waals surface area contributed by atoms with E-state index in [4.69, 9.17) is 0 Å². The van der Waals surface area contributed by atoms with Crippen molar-refractivity contribution in [2.24, 2.45) is 0 Å². The minimum atomic E-state index is 1.09. The molecule has 0 saturated heterocycles. The molecular weight excluding hydrogens is 853 g/mol. The molecule has 3 heteroatoms. The first-order valence-electron chi connectivity index (χ1n) is 23.6. The first-order chi connectivity index (χ1) is 34.2. The highest BCUT2D eigenvalue weighted by molar-refractivity contribution is 7.26. The molecule has 0 saturated carbocycles. The van der Waals surface area contributed by atoms with Crippen LogP contribution in [0.25, 0.3) is 103 Å². The normalized spacial score (nSPS) is 11.5. The molecule has 0 spiro atoms. The third-order valence-electron chi connectivity index (χ3n) is 13.6. The zero-order valence-electron chi connectivity index (χ0n) is 37.7. The highest BCUT2D eigenvalue weighted by Crippen LogP contribution is 2.47. The van der Waals surface area contributed by atoms with Gasteiger partial charge >= 0.3 is 0 Å². The fourth-order valence-electron chi connectivity index (χ4n) is 10.2. The number of benzene rings is 11. The maximum Gasteiger partial charge on any atom is 0.0541 e. The quantitative estimate of drug-likeness (QED) is 0.140. The van der Waals surface area contributed by atoms with Gasteiger partial charge in [0, 0.05) is 59.3 Å². The van der Waals surface area contributed by atoms with Gasteiger partial charge in [0.15, 0.2) is 0 Å². The summed E-state index contributed by atoms with van der Waals surface area (Å²) in [6, 6.07) is 97.3. The van der Waals surface area contributed by atoms with E-state index in [0.29, 0.717) is 0 Å². The van der Waals surface area contributed by atoms with Crippen molar-refractivity contribution in [1.29, 1.82) is 0 Å². The first-order valence-corrected chi connectivity index (χ1v) is 24.4. The lowest BCUT2D eigenvalue weighted by Crippen LogP contribution is -2.09. The van der Waals surface area contributed by atoms with Crippen molar-refractivity contribution in [2.75, 3.05) is 4.90 Å². The van der Waals surface area contributed by atoms with Crippen LogP contribution in [0.15, 0.2) is 267 Å². The van der Waals surface area contributed by atoms with Gasteiger partial charge in [-0.1, -0.05) is 188 Å². The number of nitrogens with zero attached hydrogens (tertiary/aromatic N) is 2. The van der Waals surface area contributed by atoms with E-state index in [-0.39, 0.29) is 0 Å². The summed E-state index contributed by atoms with van der Waals surface area (Å²) in [4.78, 5) is 2.37. The fourth-order valence-corrected chi connectivity index (χ4v) is 11.6. The Kier molecular flexibility index (Phi) is 10.1. The monoisotopic (exact) mass is 896 g/mol. The van der Waals surface area contributed by atoms with E-state index < -0.39 is 0 Å². The summed E-state index contributed by atoms with van der Waals surface area (Å²) in [5, 5.41) is 5.04. The zero-order valence-corrected chi connectivity index (χ0v) is 38.5. The summed E-state index contributed by atoms with van der Waals surface area (Å²) in [6.45, 7) is 0. The first kappa shape index (κ1) is 40.5. The molecule has 0 atom stereocenters. The third kappa shape index (κ3) is 7.28. The van der Waals surface area contributed by atoms with Crippen LogP contribution >= 0.6 is 11.3 Å². The van der Waals surface area contributed by atoms with E-state index in [1.54, 1.807) is 0 Å². The molecule has 2 aromatic heterocycles. The molecule has 2 nitrogen and oxygen atoms in total. The Morgan fingerprint density at radius 3 is 1.30 bits per heavy atom. The van der Waals surface area contributed by atoms with Crippen LogP contribution in [0.3, 0.4) is 0 Å². The number of hydrogen-bond acceptors (Lipinski definition) is 2. The maximum absolute atomic E-state index is 2.43. The average molecular weight is 897 g/mol. The molecule has 0 aliphatic heterocycles. The lowest BCUT2D eigenvalue weighted by molar-refractivity contribution is 1.18. The second kappa shape index (κ2) is 17.2. The molecule has 0 aliphatic rings. The Hall–Kier alpha value is -8.76. The summed E-state index contributed by atoms with van der Waals surface area (Å²) < 4.78 is 4.98. The summed E-state index contributed by atoms with van der Waals surface area (Å²) in [5.41, 5.74) is 18.9. The zero-order chi connectivity index (χ0) is 45.7. The number of aromatic nitrogens is 1. The molecule has 0 bridgehead atoms. The predicted octanol–water partition coefficient (Wildman–Crippen LogP) is 19.0. The molecule has 69 heavy (non-hydrogen) atoms. The van der Waals surface area contributed by atoms with Gasteiger partial charge in [-0.15, -0.1) is 11.3 Å². The van der Waals surface area contributed by atoms with E-state index in [0.717, 1.165) is 22.7 Å². The number of anilines is 3. The van der Waals surface area contributed by atoms with Crippen molar-refractivity contribution in [3.63, 3.8) is 0 Å². The minimum Gasteiger partial charge on any atom is -0.311 e. The molecular formula is C66H44N2S. The van der Waals surface area contributed by atoms with Gasteiger partial charge in [0.2, 0.25) is 0 Å². The number of thiophene rings is 1. The van der Waals surface area contributed by atoms with Crippen LogP contribution in [-0.2, 0) is 0 Å². The Balaban J connectivity index is 0.968. The van der Waals surface area contributed by atoms with Crippen LogP contribution in [0.4, 0.5) is 17.1 Å². The Labute approximate surface area is 405 Å². The maximum atomic E-state index is 2.43. The largest absolute Gasteiger partial charge is 0.311 e. The summed E-state index contributed by atoms with van der Waals surface area (Å²) in [7, 11) is 0. The van der Waals surface area contributed by atoms with Crippen LogP contribution < -0.4 is 4.90 Å². The van der Waals surface area contributed by atoms with Gasteiger partial charge in [0.05, 0.1) is 11.0 Å². The molecule has 13 rings (SSSR count). The van der Waals surface area contributed by atoms with Crippen LogP contribution in [0.5, 0.6) is 0 Å². The molecule has 13 aromatic rings. The van der Waals surface area contributed by atoms with Crippen molar-refractivity contribution in [1.82, 2.24) is 4.57 Å². The average Bonchev–Trinajstić information content (AvgIpc) is 3.98. The summed E-state index contributed by atoms with van der Waals surface area (Å²) in [6.07, 6.45) is 0. The van der Waals surface area contributed by atoms with Gasteiger partial charge in [-0.05, 0) is 129 Å².